The van der Waals surface area contributed by atoms with Gasteiger partial charge in [0.1, 0.15) is 0 Å². The number of carbonyl (C=O) groups is 2. The average Bonchev–Trinajstić information content (AvgIpc) is 2.18. The van der Waals surface area contributed by atoms with Crippen molar-refractivity contribution in [1.82, 2.24) is 0 Å². The fraction of sp³-hybridized carbons (Fsp3) is 0.818. The van der Waals surface area contributed by atoms with E-state index in [9.17, 15) is 9.59 Å². The summed E-state index contributed by atoms with van der Waals surface area (Å²) in [4.78, 5) is 21.3. The van der Waals surface area contributed by atoms with Gasteiger partial charge in [-0.15, -0.1) is 0 Å². The summed E-state index contributed by atoms with van der Waals surface area (Å²) in [6.45, 7) is 0. The second-order valence-corrected chi connectivity index (χ2v) is 4.31. The minimum atomic E-state index is -1.22. The number of rotatable bonds is 5. The Morgan fingerprint density at radius 2 is 1.56 bits per heavy atom. The van der Waals surface area contributed by atoms with Gasteiger partial charge in [0.25, 0.3) is 0 Å². The van der Waals surface area contributed by atoms with Gasteiger partial charge in [0, 0.05) is 0 Å². The second-order valence-electron chi connectivity index (χ2n) is 4.31. The van der Waals surface area contributed by atoms with Crippen LogP contribution in [0.3, 0.4) is 0 Å². The average molecular weight is 354 g/mol. The van der Waals surface area contributed by atoms with Crippen molar-refractivity contribution in [3.8, 4) is 0 Å². The van der Waals surface area contributed by atoms with E-state index in [0.717, 1.165) is 19.3 Å². The molecular formula is C11H20BaO4. The molecule has 0 spiro atoms. The van der Waals surface area contributed by atoms with Gasteiger partial charge >= 0.3 is 60.8 Å². The molecule has 1 rings (SSSR count). The van der Waals surface area contributed by atoms with Gasteiger partial charge in [-0.3, -0.25) is 9.59 Å². The van der Waals surface area contributed by atoms with Crippen molar-refractivity contribution in [2.24, 2.45) is 11.8 Å². The Balaban J connectivity index is 0.00000225. The molecule has 1 aliphatic carbocycles. The standard InChI is InChI=1S/C11H18O4.Ba.2H/c12-10(13)9(11(14)15)7-6-8-4-2-1-3-5-8;;;/h8-9H,1-7H2,(H,12,13)(H,14,15);;;. The summed E-state index contributed by atoms with van der Waals surface area (Å²) in [6, 6.07) is 0. The number of carboxylic acid groups (broad SMARTS) is 2. The van der Waals surface area contributed by atoms with Crippen LogP contribution in [0.2, 0.25) is 0 Å². The molecule has 0 saturated heterocycles. The zero-order valence-corrected chi connectivity index (χ0v) is 8.82. The Labute approximate surface area is 136 Å². The third-order valence-electron chi connectivity index (χ3n) is 3.18. The number of hydrogen-bond acceptors (Lipinski definition) is 2. The minimum absolute atomic E-state index is 0. The third-order valence-corrected chi connectivity index (χ3v) is 3.18. The van der Waals surface area contributed by atoms with Crippen LogP contribution >= 0.6 is 0 Å². The van der Waals surface area contributed by atoms with E-state index in [4.69, 9.17) is 10.2 Å². The van der Waals surface area contributed by atoms with Crippen LogP contribution in [0, 0.1) is 11.8 Å². The maximum atomic E-state index is 10.6. The van der Waals surface area contributed by atoms with Crippen LogP contribution < -0.4 is 0 Å². The van der Waals surface area contributed by atoms with E-state index in [1.807, 2.05) is 0 Å². The molecule has 5 heteroatoms. The molecule has 1 aliphatic rings. The van der Waals surface area contributed by atoms with Gasteiger partial charge in [0.2, 0.25) is 0 Å². The first-order valence-electron chi connectivity index (χ1n) is 5.57. The Bertz CT molecular complexity index is 222. The molecule has 1 saturated carbocycles. The first-order chi connectivity index (χ1) is 7.11. The fourth-order valence-electron chi connectivity index (χ4n) is 2.23. The SMILES string of the molecule is O=C(O)C(CCC1CCCCC1)C(=O)O.[BaH2]. The van der Waals surface area contributed by atoms with Gasteiger partial charge < -0.3 is 10.2 Å². The van der Waals surface area contributed by atoms with Crippen molar-refractivity contribution in [2.75, 3.05) is 0 Å². The van der Waals surface area contributed by atoms with Gasteiger partial charge in [0.15, 0.2) is 5.92 Å². The summed E-state index contributed by atoms with van der Waals surface area (Å²) in [7, 11) is 0. The summed E-state index contributed by atoms with van der Waals surface area (Å²) in [5.41, 5.74) is 0. The molecule has 0 unspecified atom stereocenters. The van der Waals surface area contributed by atoms with Gasteiger partial charge in [-0.1, -0.05) is 32.1 Å². The molecular weight excluding hydrogens is 333 g/mol. The predicted octanol–water partition coefficient (Wildman–Crippen LogP) is 1.22. The van der Waals surface area contributed by atoms with Crippen molar-refractivity contribution >= 4 is 60.8 Å². The van der Waals surface area contributed by atoms with E-state index in [1.54, 1.807) is 0 Å². The molecule has 0 aliphatic heterocycles. The fourth-order valence-corrected chi connectivity index (χ4v) is 2.23. The maximum absolute atomic E-state index is 10.6. The van der Waals surface area contributed by atoms with Crippen LogP contribution in [-0.2, 0) is 9.59 Å². The quantitative estimate of drug-likeness (QED) is 0.576. The summed E-state index contributed by atoms with van der Waals surface area (Å²) in [6.07, 6.45) is 6.94. The Morgan fingerprint density at radius 1 is 1.06 bits per heavy atom. The molecule has 4 nitrogen and oxygen atoms in total. The van der Waals surface area contributed by atoms with Crippen LogP contribution in [0.15, 0.2) is 0 Å². The van der Waals surface area contributed by atoms with Crippen LogP contribution in [0.1, 0.15) is 44.9 Å². The number of carboxylic acids is 2. The van der Waals surface area contributed by atoms with Crippen molar-refractivity contribution in [1.29, 1.82) is 0 Å². The third kappa shape index (κ3) is 5.72. The molecule has 1 fully saturated rings. The van der Waals surface area contributed by atoms with Crippen molar-refractivity contribution in [2.45, 2.75) is 44.9 Å². The molecule has 0 heterocycles. The van der Waals surface area contributed by atoms with Crippen molar-refractivity contribution < 1.29 is 19.8 Å². The normalized spacial score (nSPS) is 16.8. The molecule has 0 aromatic carbocycles. The summed E-state index contributed by atoms with van der Waals surface area (Å²) >= 11 is 0. The van der Waals surface area contributed by atoms with Gasteiger partial charge in [-0.25, -0.2) is 0 Å². The Kier molecular flexibility index (Phi) is 8.85. The van der Waals surface area contributed by atoms with E-state index < -0.39 is 17.9 Å². The first kappa shape index (κ1) is 16.5. The monoisotopic (exact) mass is 354 g/mol. The van der Waals surface area contributed by atoms with E-state index in [0.29, 0.717) is 5.92 Å². The molecule has 16 heavy (non-hydrogen) atoms. The van der Waals surface area contributed by atoms with Crippen LogP contribution in [0.5, 0.6) is 0 Å². The van der Waals surface area contributed by atoms with Crippen molar-refractivity contribution in [3.05, 3.63) is 0 Å². The number of aliphatic carboxylic acids is 2. The molecule has 0 atom stereocenters. The summed E-state index contributed by atoms with van der Waals surface area (Å²) in [5.74, 6) is -3.09. The van der Waals surface area contributed by atoms with Crippen molar-refractivity contribution in [3.63, 3.8) is 0 Å². The van der Waals surface area contributed by atoms with Gasteiger partial charge in [-0.05, 0) is 18.8 Å². The van der Waals surface area contributed by atoms with E-state index in [-0.39, 0.29) is 55.3 Å². The van der Waals surface area contributed by atoms with Crippen LogP contribution in [0.25, 0.3) is 0 Å². The topological polar surface area (TPSA) is 74.6 Å². The zero-order chi connectivity index (χ0) is 11.3. The second kappa shape index (κ2) is 8.58. The van der Waals surface area contributed by atoms with Gasteiger partial charge in [0.05, 0.1) is 0 Å². The van der Waals surface area contributed by atoms with Crippen LogP contribution in [-0.4, -0.2) is 71.0 Å². The van der Waals surface area contributed by atoms with Gasteiger partial charge in [-0.2, -0.15) is 0 Å². The summed E-state index contributed by atoms with van der Waals surface area (Å²) < 4.78 is 0. The molecule has 90 valence electrons. The van der Waals surface area contributed by atoms with Crippen LogP contribution in [0.4, 0.5) is 0 Å². The molecule has 0 aromatic rings. The first-order valence-corrected chi connectivity index (χ1v) is 5.57. The molecule has 0 radical (unpaired) electrons. The molecule has 0 bridgehead atoms. The zero-order valence-electron chi connectivity index (χ0n) is 8.82. The van der Waals surface area contributed by atoms with E-state index >= 15 is 0 Å². The molecule has 0 aromatic heterocycles. The Hall–Kier alpha value is 0.511. The molecule has 0 amide bonds. The van der Waals surface area contributed by atoms with E-state index in [2.05, 4.69) is 0 Å². The summed E-state index contributed by atoms with van der Waals surface area (Å²) in [5, 5.41) is 17.4. The van der Waals surface area contributed by atoms with E-state index in [1.165, 1.54) is 19.3 Å². The number of hydrogen-bond donors (Lipinski definition) is 2. The molecule has 2 N–H and O–H groups in total. The predicted molar refractivity (Wildman–Crippen MR) is 63.1 cm³/mol. The Morgan fingerprint density at radius 3 is 2.00 bits per heavy atom.